The average molecular weight is 325 g/mol. The van der Waals surface area contributed by atoms with Crippen molar-refractivity contribution in [2.24, 2.45) is 0 Å². The molecule has 1 atom stereocenters. The number of hydrogen-bond donors (Lipinski definition) is 1. The summed E-state index contributed by atoms with van der Waals surface area (Å²) in [5.74, 6) is 0.739. The number of aromatic nitrogens is 2. The van der Waals surface area contributed by atoms with Gasteiger partial charge in [-0.2, -0.15) is 4.31 Å². The van der Waals surface area contributed by atoms with Crippen LogP contribution in [-0.4, -0.2) is 29.2 Å². The second kappa shape index (κ2) is 5.55. The van der Waals surface area contributed by atoms with E-state index in [0.29, 0.717) is 11.4 Å². The molecule has 1 aliphatic rings. The summed E-state index contributed by atoms with van der Waals surface area (Å²) in [5, 5.41) is 0. The van der Waals surface area contributed by atoms with E-state index in [0.717, 1.165) is 34.8 Å². The molecular weight excluding hydrogens is 306 g/mol. The molecule has 114 valence electrons. The molecule has 0 spiro atoms. The highest BCUT2D eigenvalue weighted by molar-refractivity contribution is 7.89. The van der Waals surface area contributed by atoms with Crippen LogP contribution in [0.2, 0.25) is 0 Å². The van der Waals surface area contributed by atoms with Gasteiger partial charge in [0.25, 0.3) is 0 Å². The van der Waals surface area contributed by atoms with E-state index in [2.05, 4.69) is 9.97 Å². The minimum absolute atomic E-state index is 0.182. The maximum atomic E-state index is 13.0. The predicted octanol–water partition coefficient (Wildman–Crippen LogP) is 3.00. The van der Waals surface area contributed by atoms with Gasteiger partial charge < -0.3 is 4.98 Å². The zero-order chi connectivity index (χ0) is 15.0. The molecule has 21 heavy (non-hydrogen) atoms. The van der Waals surface area contributed by atoms with Gasteiger partial charge >= 0.3 is 0 Å². The number of thiophene rings is 1. The molecule has 0 unspecified atom stereocenters. The summed E-state index contributed by atoms with van der Waals surface area (Å²) < 4.78 is 27.7. The summed E-state index contributed by atoms with van der Waals surface area (Å²) >= 11 is 1.53. The molecule has 0 bridgehead atoms. The van der Waals surface area contributed by atoms with Crippen molar-refractivity contribution in [2.45, 2.75) is 44.0 Å². The Hall–Kier alpha value is -1.18. The molecule has 2 aromatic heterocycles. The van der Waals surface area contributed by atoms with Gasteiger partial charge in [-0.1, -0.05) is 6.42 Å². The highest BCUT2D eigenvalue weighted by Crippen LogP contribution is 2.36. The van der Waals surface area contributed by atoms with E-state index in [4.69, 9.17) is 0 Å². The van der Waals surface area contributed by atoms with Crippen LogP contribution in [0.25, 0.3) is 0 Å². The van der Waals surface area contributed by atoms with E-state index in [1.54, 1.807) is 22.8 Å². The van der Waals surface area contributed by atoms with Crippen molar-refractivity contribution in [3.63, 3.8) is 0 Å². The predicted molar refractivity (Wildman–Crippen MR) is 82.9 cm³/mol. The fourth-order valence-corrected chi connectivity index (χ4v) is 6.10. The third-order valence-corrected chi connectivity index (χ3v) is 7.00. The first-order chi connectivity index (χ1) is 10.00. The third-order valence-electron chi connectivity index (χ3n) is 3.87. The van der Waals surface area contributed by atoms with Gasteiger partial charge in [-0.25, -0.2) is 13.4 Å². The van der Waals surface area contributed by atoms with Gasteiger partial charge in [0.2, 0.25) is 10.0 Å². The van der Waals surface area contributed by atoms with Crippen LogP contribution < -0.4 is 0 Å². The SMILES string of the molecule is Cc1cc(S(=O)(=O)N2CCCC[C@H]2c2ncc[nH]2)c(C)s1. The van der Waals surface area contributed by atoms with Gasteiger partial charge in [0.1, 0.15) is 5.82 Å². The number of aryl methyl sites for hydroxylation is 2. The zero-order valence-corrected chi connectivity index (χ0v) is 13.8. The lowest BCUT2D eigenvalue weighted by molar-refractivity contribution is 0.247. The minimum atomic E-state index is -3.46. The lowest BCUT2D eigenvalue weighted by atomic mass is 10.0. The first kappa shape index (κ1) is 14.7. The largest absolute Gasteiger partial charge is 0.347 e. The number of sulfonamides is 1. The van der Waals surface area contributed by atoms with Crippen LogP contribution in [0.1, 0.15) is 40.9 Å². The van der Waals surface area contributed by atoms with Gasteiger partial charge in [-0.3, -0.25) is 0 Å². The molecule has 1 fully saturated rings. The van der Waals surface area contributed by atoms with E-state index in [-0.39, 0.29) is 6.04 Å². The molecule has 0 aliphatic carbocycles. The van der Waals surface area contributed by atoms with Crippen LogP contribution in [-0.2, 0) is 10.0 Å². The van der Waals surface area contributed by atoms with Crippen molar-refractivity contribution < 1.29 is 8.42 Å². The summed E-state index contributed by atoms with van der Waals surface area (Å²) in [6.07, 6.45) is 6.16. The van der Waals surface area contributed by atoms with Gasteiger partial charge in [-0.05, 0) is 32.8 Å². The number of rotatable bonds is 3. The normalized spacial score (nSPS) is 20.8. The smallest absolute Gasteiger partial charge is 0.244 e. The highest BCUT2D eigenvalue weighted by Gasteiger charge is 2.36. The van der Waals surface area contributed by atoms with Crippen LogP contribution in [0, 0.1) is 13.8 Å². The van der Waals surface area contributed by atoms with Crippen LogP contribution in [0.4, 0.5) is 0 Å². The Morgan fingerprint density at radius 2 is 2.19 bits per heavy atom. The van der Waals surface area contributed by atoms with Crippen LogP contribution >= 0.6 is 11.3 Å². The Labute approximate surface area is 129 Å². The maximum Gasteiger partial charge on any atom is 0.244 e. The van der Waals surface area contributed by atoms with Crippen LogP contribution in [0.15, 0.2) is 23.4 Å². The minimum Gasteiger partial charge on any atom is -0.347 e. The Kier molecular flexibility index (Phi) is 3.90. The third kappa shape index (κ3) is 2.65. The van der Waals surface area contributed by atoms with E-state index >= 15 is 0 Å². The molecule has 3 rings (SSSR count). The number of hydrogen-bond acceptors (Lipinski definition) is 4. The standard InChI is InChI=1S/C14H19N3O2S2/c1-10-9-13(11(2)20-10)21(18,19)17-8-4-3-5-12(17)14-15-6-7-16-14/h6-7,9,12H,3-5,8H2,1-2H3,(H,15,16)/t12-/m0/s1. The molecule has 2 aromatic rings. The summed E-state index contributed by atoms with van der Waals surface area (Å²) in [5.41, 5.74) is 0. The number of nitrogens with zero attached hydrogens (tertiary/aromatic N) is 2. The Bertz CT molecular complexity index is 719. The van der Waals surface area contributed by atoms with Crippen molar-refractivity contribution in [3.8, 4) is 0 Å². The lowest BCUT2D eigenvalue weighted by Crippen LogP contribution is -2.39. The molecule has 0 aromatic carbocycles. The molecule has 7 heteroatoms. The fraction of sp³-hybridized carbons (Fsp3) is 0.500. The molecule has 5 nitrogen and oxygen atoms in total. The number of aromatic amines is 1. The molecule has 0 saturated carbocycles. The molecule has 1 N–H and O–H groups in total. The van der Waals surface area contributed by atoms with E-state index < -0.39 is 10.0 Å². The van der Waals surface area contributed by atoms with Gasteiger partial charge in [0.15, 0.2) is 0 Å². The second-order valence-electron chi connectivity index (χ2n) is 5.38. The Balaban J connectivity index is 2.01. The number of H-pyrrole nitrogens is 1. The summed E-state index contributed by atoms with van der Waals surface area (Å²) in [6.45, 7) is 4.37. The first-order valence-corrected chi connectivity index (χ1v) is 9.34. The van der Waals surface area contributed by atoms with E-state index in [1.165, 1.54) is 11.3 Å². The van der Waals surface area contributed by atoms with Crippen molar-refractivity contribution in [2.75, 3.05) is 6.54 Å². The molecule has 0 radical (unpaired) electrons. The zero-order valence-electron chi connectivity index (χ0n) is 12.2. The molecule has 1 saturated heterocycles. The fourth-order valence-electron chi connectivity index (χ4n) is 2.92. The summed E-state index contributed by atoms with van der Waals surface area (Å²) in [7, 11) is -3.46. The van der Waals surface area contributed by atoms with Crippen molar-refractivity contribution in [1.29, 1.82) is 0 Å². The molecular formula is C14H19N3O2S2. The van der Waals surface area contributed by atoms with E-state index in [1.807, 2.05) is 13.8 Å². The first-order valence-electron chi connectivity index (χ1n) is 7.08. The van der Waals surface area contributed by atoms with Crippen LogP contribution in [0.3, 0.4) is 0 Å². The Morgan fingerprint density at radius 1 is 1.38 bits per heavy atom. The highest BCUT2D eigenvalue weighted by atomic mass is 32.2. The monoisotopic (exact) mass is 325 g/mol. The van der Waals surface area contributed by atoms with E-state index in [9.17, 15) is 8.42 Å². The molecule has 1 aliphatic heterocycles. The average Bonchev–Trinajstić information content (AvgIpc) is 3.08. The summed E-state index contributed by atoms with van der Waals surface area (Å²) in [4.78, 5) is 9.66. The van der Waals surface area contributed by atoms with Crippen molar-refractivity contribution >= 4 is 21.4 Å². The number of piperidine rings is 1. The molecule has 0 amide bonds. The van der Waals surface area contributed by atoms with Gasteiger partial charge in [0.05, 0.1) is 10.9 Å². The quantitative estimate of drug-likeness (QED) is 0.943. The van der Waals surface area contributed by atoms with Gasteiger partial charge in [0, 0.05) is 28.7 Å². The van der Waals surface area contributed by atoms with Gasteiger partial charge in [-0.15, -0.1) is 11.3 Å². The second-order valence-corrected chi connectivity index (χ2v) is 8.70. The summed E-state index contributed by atoms with van der Waals surface area (Å²) in [6, 6.07) is 1.60. The maximum absolute atomic E-state index is 13.0. The number of imidazole rings is 1. The topological polar surface area (TPSA) is 66.1 Å². The Morgan fingerprint density at radius 3 is 2.81 bits per heavy atom. The van der Waals surface area contributed by atoms with Crippen molar-refractivity contribution in [3.05, 3.63) is 34.0 Å². The number of nitrogens with one attached hydrogen (secondary N) is 1. The van der Waals surface area contributed by atoms with Crippen LogP contribution in [0.5, 0.6) is 0 Å². The lowest BCUT2D eigenvalue weighted by Gasteiger charge is -2.33. The van der Waals surface area contributed by atoms with Crippen molar-refractivity contribution in [1.82, 2.24) is 14.3 Å². The molecule has 3 heterocycles.